The molecule has 0 N–H and O–H groups in total. The highest BCUT2D eigenvalue weighted by molar-refractivity contribution is 5.99. The quantitative estimate of drug-likeness (QED) is 0.389. The van der Waals surface area contributed by atoms with E-state index in [9.17, 15) is 0 Å². The van der Waals surface area contributed by atoms with Gasteiger partial charge in [0.25, 0.3) is 0 Å². The van der Waals surface area contributed by atoms with Crippen LogP contribution < -0.4 is 9.80 Å². The Morgan fingerprint density at radius 3 is 2.28 bits per heavy atom. The average molecular weight is 471 g/mol. The molecule has 0 aromatic heterocycles. The lowest BCUT2D eigenvalue weighted by atomic mass is 9.86. The third kappa shape index (κ3) is 3.95. The van der Waals surface area contributed by atoms with E-state index in [2.05, 4.69) is 106 Å². The lowest BCUT2D eigenvalue weighted by molar-refractivity contribution is 0.735. The molecule has 36 heavy (non-hydrogen) atoms. The van der Waals surface area contributed by atoms with E-state index in [1.165, 1.54) is 5.56 Å². The van der Waals surface area contributed by atoms with Crippen molar-refractivity contribution in [3.63, 3.8) is 0 Å². The van der Waals surface area contributed by atoms with E-state index in [-0.39, 0.29) is 6.17 Å². The Labute approximate surface area is 216 Å². The minimum atomic E-state index is -0.00269. The molecule has 0 aliphatic carbocycles. The largest absolute Gasteiger partial charge is 0.319 e. The molecule has 2 heteroatoms. The molecule has 0 amide bonds. The molecule has 2 aromatic rings. The lowest BCUT2D eigenvalue weighted by Crippen LogP contribution is -2.38. The van der Waals surface area contributed by atoms with Gasteiger partial charge in [0.15, 0.2) is 0 Å². The molecule has 0 spiro atoms. The highest BCUT2D eigenvalue weighted by Gasteiger charge is 2.39. The maximum Gasteiger partial charge on any atom is 0.108 e. The molecule has 0 bridgehead atoms. The van der Waals surface area contributed by atoms with Gasteiger partial charge in [-0.05, 0) is 65.8 Å². The summed E-state index contributed by atoms with van der Waals surface area (Å²) in [5, 5.41) is 0. The van der Waals surface area contributed by atoms with E-state index in [4.69, 9.17) is 0 Å². The summed E-state index contributed by atoms with van der Waals surface area (Å²) < 4.78 is 0. The van der Waals surface area contributed by atoms with Crippen LogP contribution in [-0.2, 0) is 6.42 Å². The van der Waals surface area contributed by atoms with Crippen LogP contribution in [-0.4, -0.2) is 6.17 Å². The van der Waals surface area contributed by atoms with Crippen LogP contribution >= 0.6 is 0 Å². The molecule has 2 aliphatic heterocycles. The van der Waals surface area contributed by atoms with Crippen LogP contribution in [0.3, 0.4) is 0 Å². The first kappa shape index (κ1) is 24.8. The maximum absolute atomic E-state index is 4.49. The fourth-order valence-electron chi connectivity index (χ4n) is 5.32. The third-order valence-corrected chi connectivity index (χ3v) is 6.98. The number of para-hydroxylation sites is 2. The van der Waals surface area contributed by atoms with E-state index in [0.717, 1.165) is 56.2 Å². The van der Waals surface area contributed by atoms with Gasteiger partial charge in [-0.15, -0.1) is 0 Å². The van der Waals surface area contributed by atoms with Gasteiger partial charge in [-0.3, -0.25) is 0 Å². The van der Waals surface area contributed by atoms with Gasteiger partial charge in [0.1, 0.15) is 6.17 Å². The standard InChI is InChI=1S/C34H34N2/c1-9-16-23(5)25(7)35-26(8)36-32-20-14-13-18-27(32)22-24(6)30(17-10-2)28(11-3)29(12-4)31-19-15-21-33(35)34(31)36/h9-21,26H,1-4,6-7,22H2,5,8H3/b23-16-,29-28?,30-17+/t26-/m1/s1. The summed E-state index contributed by atoms with van der Waals surface area (Å²) in [6.45, 7) is 29.5. The molecule has 4 rings (SSSR count). The molecule has 2 nitrogen and oxygen atoms in total. The molecular weight excluding hydrogens is 436 g/mol. The second-order valence-electron chi connectivity index (χ2n) is 9.04. The van der Waals surface area contributed by atoms with Crippen molar-refractivity contribution in [2.24, 2.45) is 0 Å². The number of benzene rings is 2. The zero-order valence-corrected chi connectivity index (χ0v) is 21.4. The van der Waals surface area contributed by atoms with E-state index in [0.29, 0.717) is 6.42 Å². The number of hydrogen-bond acceptors (Lipinski definition) is 2. The van der Waals surface area contributed by atoms with Crippen LogP contribution in [0.2, 0.25) is 0 Å². The second-order valence-corrected chi connectivity index (χ2v) is 9.04. The third-order valence-electron chi connectivity index (χ3n) is 6.98. The van der Waals surface area contributed by atoms with Crippen molar-refractivity contribution in [3.8, 4) is 0 Å². The molecule has 0 fully saturated rings. The Hall–Kier alpha value is -4.30. The van der Waals surface area contributed by atoms with Crippen molar-refractivity contribution in [2.75, 3.05) is 9.80 Å². The Balaban J connectivity index is 2.15. The number of rotatable bonds is 6. The molecule has 1 atom stereocenters. The van der Waals surface area contributed by atoms with Crippen molar-refractivity contribution in [2.45, 2.75) is 26.4 Å². The fourth-order valence-corrected chi connectivity index (χ4v) is 5.32. The van der Waals surface area contributed by atoms with Crippen LogP contribution in [0, 0.1) is 0 Å². The zero-order valence-electron chi connectivity index (χ0n) is 21.4. The monoisotopic (exact) mass is 470 g/mol. The summed E-state index contributed by atoms with van der Waals surface area (Å²) in [4.78, 5) is 4.73. The molecule has 2 aromatic carbocycles. The molecule has 0 saturated heterocycles. The Morgan fingerprint density at radius 1 is 0.917 bits per heavy atom. The number of allylic oxidation sites excluding steroid dienone is 11. The summed E-state index contributed by atoms with van der Waals surface area (Å²) >= 11 is 0. The number of anilines is 3. The normalized spacial score (nSPS) is 18.5. The van der Waals surface area contributed by atoms with Gasteiger partial charge in [0.2, 0.25) is 0 Å². The lowest BCUT2D eigenvalue weighted by Gasteiger charge is -2.33. The Bertz CT molecular complexity index is 1390. The van der Waals surface area contributed by atoms with E-state index in [1.54, 1.807) is 0 Å². The highest BCUT2D eigenvalue weighted by atomic mass is 15.4. The van der Waals surface area contributed by atoms with E-state index >= 15 is 0 Å². The first-order valence-corrected chi connectivity index (χ1v) is 12.2. The van der Waals surface area contributed by atoms with Crippen LogP contribution in [0.25, 0.3) is 5.57 Å². The fraction of sp³-hybridized carbons (Fsp3) is 0.118. The second kappa shape index (κ2) is 10.1. The van der Waals surface area contributed by atoms with Gasteiger partial charge < -0.3 is 9.80 Å². The van der Waals surface area contributed by atoms with Crippen molar-refractivity contribution in [1.82, 2.24) is 0 Å². The molecule has 0 radical (unpaired) electrons. The summed E-state index contributed by atoms with van der Waals surface area (Å²) in [6, 6.07) is 15.0. The van der Waals surface area contributed by atoms with Crippen molar-refractivity contribution in [3.05, 3.63) is 158 Å². The summed E-state index contributed by atoms with van der Waals surface area (Å²) in [7, 11) is 0. The van der Waals surface area contributed by atoms with Gasteiger partial charge in [-0.2, -0.15) is 0 Å². The topological polar surface area (TPSA) is 6.48 Å². The van der Waals surface area contributed by atoms with E-state index < -0.39 is 0 Å². The first-order chi connectivity index (χ1) is 17.4. The maximum atomic E-state index is 4.49. The predicted molar refractivity (Wildman–Crippen MR) is 158 cm³/mol. The average Bonchev–Trinajstić information content (AvgIpc) is 3.17. The minimum absolute atomic E-state index is 0.00269. The minimum Gasteiger partial charge on any atom is -0.319 e. The summed E-state index contributed by atoms with van der Waals surface area (Å²) in [6.07, 6.45) is 12.2. The van der Waals surface area contributed by atoms with Gasteiger partial charge in [-0.1, -0.05) is 106 Å². The number of hydrogen-bond donors (Lipinski definition) is 0. The number of nitrogens with zero attached hydrogens (tertiary/aromatic N) is 2. The smallest absolute Gasteiger partial charge is 0.108 e. The predicted octanol–water partition coefficient (Wildman–Crippen LogP) is 8.99. The Kier molecular flexibility index (Phi) is 6.98. The van der Waals surface area contributed by atoms with Gasteiger partial charge in [0.05, 0.1) is 11.4 Å². The highest BCUT2D eigenvalue weighted by Crippen LogP contribution is 2.52. The van der Waals surface area contributed by atoms with Gasteiger partial charge >= 0.3 is 0 Å². The molecule has 0 saturated carbocycles. The van der Waals surface area contributed by atoms with Crippen LogP contribution in [0.4, 0.5) is 17.1 Å². The zero-order chi connectivity index (χ0) is 26.0. The van der Waals surface area contributed by atoms with Crippen LogP contribution in [0.15, 0.2) is 146 Å². The van der Waals surface area contributed by atoms with E-state index in [1.807, 2.05) is 36.5 Å². The van der Waals surface area contributed by atoms with Crippen molar-refractivity contribution in [1.29, 1.82) is 0 Å². The summed E-state index contributed by atoms with van der Waals surface area (Å²) in [5.74, 6) is 0. The van der Waals surface area contributed by atoms with Crippen LogP contribution in [0.5, 0.6) is 0 Å². The molecule has 180 valence electrons. The van der Waals surface area contributed by atoms with Gasteiger partial charge in [-0.25, -0.2) is 0 Å². The van der Waals surface area contributed by atoms with Crippen LogP contribution in [0.1, 0.15) is 25.0 Å². The first-order valence-electron chi connectivity index (χ1n) is 12.2. The SMILES string of the molecule is C=C/C=C(/C)C(=C)N1c2cccc3c2N(c2ccccc2CC(=C)/C(=C\C=C)C(C=C)=C3C=C)[C@@H]1C. The molecule has 2 aliphatic rings. The van der Waals surface area contributed by atoms with Crippen molar-refractivity contribution >= 4 is 22.6 Å². The van der Waals surface area contributed by atoms with Gasteiger partial charge in [0, 0.05) is 16.9 Å². The number of fused-ring (bicyclic) bond motifs is 2. The van der Waals surface area contributed by atoms with Crippen molar-refractivity contribution < 1.29 is 0 Å². The molecular formula is C34H34N2. The summed E-state index contributed by atoms with van der Waals surface area (Å²) in [5.41, 5.74) is 11.7. The molecule has 2 heterocycles. The molecule has 0 unspecified atom stereocenters. The Morgan fingerprint density at radius 2 is 1.61 bits per heavy atom.